The van der Waals surface area contributed by atoms with Crippen molar-refractivity contribution in [2.45, 2.75) is 0 Å². The van der Waals surface area contributed by atoms with Crippen molar-refractivity contribution in [3.8, 4) is 0 Å². The predicted octanol–water partition coefficient (Wildman–Crippen LogP) is -9.10. The standard InChI is InChI=1S/2CH2O3.Al.Li.H2O/c2*2-1(3)4;;;/h2*(H2,2,3,4);;;1H2/q;;+3;+1;/p-4. The summed E-state index contributed by atoms with van der Waals surface area (Å²) in [7, 11) is 0. The Morgan fingerprint density at radius 1 is 0.818 bits per heavy atom. The summed E-state index contributed by atoms with van der Waals surface area (Å²) in [5.41, 5.74) is 0. The summed E-state index contributed by atoms with van der Waals surface area (Å²) in [4.78, 5) is 16.7. The van der Waals surface area contributed by atoms with Gasteiger partial charge in [-0.25, -0.2) is 0 Å². The maximum absolute atomic E-state index is 8.33. The summed E-state index contributed by atoms with van der Waals surface area (Å²) in [6.07, 6.45) is -4.67. The van der Waals surface area contributed by atoms with Gasteiger partial charge in [0.05, 0.1) is 0 Å². The zero-order valence-corrected chi connectivity index (χ0v) is 6.68. The van der Waals surface area contributed by atoms with E-state index in [1.807, 2.05) is 0 Å². The van der Waals surface area contributed by atoms with Crippen molar-refractivity contribution < 1.29 is 54.4 Å². The molecular formula is C2H2AlLiO7. The number of hydrogen-bond acceptors (Lipinski definition) is 6. The molecule has 0 aromatic heterocycles. The van der Waals surface area contributed by atoms with E-state index >= 15 is 0 Å². The second kappa shape index (κ2) is 22.6. The van der Waals surface area contributed by atoms with E-state index in [0.717, 1.165) is 0 Å². The van der Waals surface area contributed by atoms with Crippen LogP contribution in [0.2, 0.25) is 0 Å². The first kappa shape index (κ1) is 31.1. The van der Waals surface area contributed by atoms with Crippen molar-refractivity contribution in [2.75, 3.05) is 0 Å². The third kappa shape index (κ3) is 4090. The molecule has 0 radical (unpaired) electrons. The molecule has 0 aromatic rings. The van der Waals surface area contributed by atoms with Crippen molar-refractivity contribution >= 4 is 29.7 Å². The van der Waals surface area contributed by atoms with E-state index < -0.39 is 12.3 Å². The van der Waals surface area contributed by atoms with Crippen molar-refractivity contribution in [3.63, 3.8) is 0 Å². The fraction of sp³-hybridized carbons (Fsp3) is 0. The Bertz CT molecular complexity index is 74.4. The fourth-order valence-electron chi connectivity index (χ4n) is 0. The van der Waals surface area contributed by atoms with Gasteiger partial charge in [-0.05, 0) is 12.3 Å². The monoisotopic (exact) mass is 172 g/mol. The third-order valence-electron chi connectivity index (χ3n) is 0. The van der Waals surface area contributed by atoms with E-state index in [4.69, 9.17) is 30.0 Å². The summed E-state index contributed by atoms with van der Waals surface area (Å²) in [6, 6.07) is 0. The summed E-state index contributed by atoms with van der Waals surface area (Å²) >= 11 is 0. The van der Waals surface area contributed by atoms with Gasteiger partial charge in [0.15, 0.2) is 0 Å². The number of carbonyl (C=O) groups is 2. The van der Waals surface area contributed by atoms with Crippen LogP contribution in [0.4, 0.5) is 9.59 Å². The van der Waals surface area contributed by atoms with Crippen LogP contribution in [0.5, 0.6) is 0 Å². The quantitative estimate of drug-likeness (QED) is 0.329. The second-order valence-electron chi connectivity index (χ2n) is 0.500. The molecule has 7 nitrogen and oxygen atoms in total. The first-order chi connectivity index (χ1) is 3.46. The van der Waals surface area contributed by atoms with Gasteiger partial charge >= 0.3 is 36.2 Å². The predicted molar refractivity (Wildman–Crippen MR) is 20.2 cm³/mol. The number of carbonyl (C=O) groups excluding carboxylic acids is 2. The molecule has 0 rings (SSSR count). The molecule has 0 bridgehead atoms. The largest absolute Gasteiger partial charge is 3.00 e. The van der Waals surface area contributed by atoms with Gasteiger partial charge < -0.3 is 35.5 Å². The molecule has 56 valence electrons. The van der Waals surface area contributed by atoms with Gasteiger partial charge in [0.2, 0.25) is 0 Å². The van der Waals surface area contributed by atoms with Crippen molar-refractivity contribution in [3.05, 3.63) is 0 Å². The molecule has 0 aromatic carbocycles. The third-order valence-corrected chi connectivity index (χ3v) is 0. The first-order valence-electron chi connectivity index (χ1n) is 1.22. The molecular weight excluding hydrogens is 170 g/mol. The zero-order valence-electron chi connectivity index (χ0n) is 5.53. The molecule has 0 atom stereocenters. The average Bonchev–Trinajstić information content (AvgIpc) is 1.25. The Hall–Kier alpha value is -0.370. The zero-order chi connectivity index (χ0) is 7.15. The smallest absolute Gasteiger partial charge is 0.652 e. The Morgan fingerprint density at radius 2 is 0.818 bits per heavy atom. The second-order valence-corrected chi connectivity index (χ2v) is 0.500. The average molecular weight is 172 g/mol. The van der Waals surface area contributed by atoms with Crippen LogP contribution in [0.25, 0.3) is 0 Å². The van der Waals surface area contributed by atoms with Crippen LogP contribution in [0, 0.1) is 0 Å². The first-order valence-corrected chi connectivity index (χ1v) is 1.22. The van der Waals surface area contributed by atoms with Crippen LogP contribution in [0.1, 0.15) is 0 Å². The summed E-state index contributed by atoms with van der Waals surface area (Å²) in [6.45, 7) is 0. The minimum Gasteiger partial charge on any atom is -0.652 e. The van der Waals surface area contributed by atoms with Crippen LogP contribution < -0.4 is 39.3 Å². The van der Waals surface area contributed by atoms with Gasteiger partial charge in [0, 0.05) is 0 Å². The summed E-state index contributed by atoms with van der Waals surface area (Å²) < 4.78 is 0. The molecule has 2 N–H and O–H groups in total. The van der Waals surface area contributed by atoms with Crippen LogP contribution in [-0.2, 0) is 0 Å². The Morgan fingerprint density at radius 3 is 0.818 bits per heavy atom. The Balaban J connectivity index is -0.0000000171. The van der Waals surface area contributed by atoms with Crippen molar-refractivity contribution in [2.24, 2.45) is 0 Å². The Kier molecular flexibility index (Phi) is 64.0. The number of carboxylic acid groups (broad SMARTS) is 4. The van der Waals surface area contributed by atoms with Crippen LogP contribution in [0.3, 0.4) is 0 Å². The van der Waals surface area contributed by atoms with Gasteiger partial charge in [-0.2, -0.15) is 0 Å². The van der Waals surface area contributed by atoms with Crippen molar-refractivity contribution in [1.82, 2.24) is 0 Å². The van der Waals surface area contributed by atoms with E-state index in [-0.39, 0.29) is 41.7 Å². The van der Waals surface area contributed by atoms with E-state index in [0.29, 0.717) is 0 Å². The maximum Gasteiger partial charge on any atom is 3.00 e. The van der Waals surface area contributed by atoms with Crippen LogP contribution >= 0.6 is 0 Å². The molecule has 0 saturated heterocycles. The van der Waals surface area contributed by atoms with E-state index in [2.05, 4.69) is 0 Å². The molecule has 0 unspecified atom stereocenters. The van der Waals surface area contributed by atoms with Crippen LogP contribution in [0.15, 0.2) is 0 Å². The van der Waals surface area contributed by atoms with Crippen molar-refractivity contribution in [1.29, 1.82) is 0 Å². The molecule has 0 spiro atoms. The number of hydrogen-bond donors (Lipinski definition) is 0. The van der Waals surface area contributed by atoms with Gasteiger partial charge in [-0.15, -0.1) is 0 Å². The minimum absolute atomic E-state index is 0. The molecule has 0 aliphatic rings. The molecule has 11 heavy (non-hydrogen) atoms. The normalized spacial score (nSPS) is 4.36. The molecule has 0 heterocycles. The molecule has 0 aliphatic carbocycles. The van der Waals surface area contributed by atoms with Gasteiger partial charge in [0.25, 0.3) is 0 Å². The minimum atomic E-state index is -2.33. The molecule has 9 heteroatoms. The molecule has 0 aliphatic heterocycles. The van der Waals surface area contributed by atoms with E-state index in [9.17, 15) is 0 Å². The summed E-state index contributed by atoms with van der Waals surface area (Å²) in [5, 5.41) is 33.3. The molecule has 0 fully saturated rings. The summed E-state index contributed by atoms with van der Waals surface area (Å²) in [5.74, 6) is 0. The van der Waals surface area contributed by atoms with Gasteiger partial charge in [-0.1, -0.05) is 0 Å². The van der Waals surface area contributed by atoms with E-state index in [1.54, 1.807) is 0 Å². The molecule has 0 saturated carbocycles. The van der Waals surface area contributed by atoms with E-state index in [1.165, 1.54) is 0 Å². The fourth-order valence-corrected chi connectivity index (χ4v) is 0. The van der Waals surface area contributed by atoms with Gasteiger partial charge in [-0.3, -0.25) is 0 Å². The Labute approximate surface area is 84.3 Å². The SMILES string of the molecule is O.O=C([O-])[O-].O=C([O-])[O-].[Al+3].[Li+]. The maximum atomic E-state index is 8.33. The van der Waals surface area contributed by atoms with Crippen LogP contribution in [-0.4, -0.2) is 35.1 Å². The number of rotatable bonds is 0. The topological polar surface area (TPSA) is 158 Å². The van der Waals surface area contributed by atoms with Gasteiger partial charge in [0.1, 0.15) is 0 Å². The molecule has 0 amide bonds.